The van der Waals surface area contributed by atoms with Crippen molar-refractivity contribution in [3.05, 3.63) is 40.1 Å². The molecule has 1 saturated heterocycles. The van der Waals surface area contributed by atoms with E-state index in [9.17, 15) is 15.4 Å². The van der Waals surface area contributed by atoms with Crippen molar-refractivity contribution < 1.29 is 4.92 Å². The summed E-state index contributed by atoms with van der Waals surface area (Å²) in [6.45, 7) is 1.27. The summed E-state index contributed by atoms with van der Waals surface area (Å²) < 4.78 is 2.14. The predicted molar refractivity (Wildman–Crippen MR) is 88.1 cm³/mol. The first-order chi connectivity index (χ1) is 12.2. The molecule has 0 aromatic carbocycles. The Bertz CT molecular complexity index is 852. The number of piperidine rings is 1. The van der Waals surface area contributed by atoms with Gasteiger partial charge in [-0.05, 0) is 31.7 Å². The van der Waals surface area contributed by atoms with Crippen LogP contribution < -0.4 is 4.90 Å². The van der Waals surface area contributed by atoms with Crippen LogP contribution in [0, 0.1) is 21.4 Å². The lowest BCUT2D eigenvalue weighted by Gasteiger charge is -2.32. The molecule has 2 aliphatic rings. The molecule has 9 nitrogen and oxygen atoms in total. The van der Waals surface area contributed by atoms with E-state index in [0.717, 1.165) is 31.5 Å². The highest BCUT2D eigenvalue weighted by molar-refractivity contribution is 5.65. The zero-order chi connectivity index (χ0) is 17.4. The molecule has 1 atom stereocenters. The Balaban J connectivity index is 1.65. The molecule has 1 saturated carbocycles. The Morgan fingerprint density at radius 3 is 2.92 bits per heavy atom. The molecule has 3 heterocycles. The van der Waals surface area contributed by atoms with Gasteiger partial charge < -0.3 is 9.47 Å². The van der Waals surface area contributed by atoms with Gasteiger partial charge in [0, 0.05) is 31.2 Å². The predicted octanol–water partition coefficient (Wildman–Crippen LogP) is 2.17. The van der Waals surface area contributed by atoms with Gasteiger partial charge in [0.25, 0.3) is 0 Å². The standard InChI is InChI=1S/C16H17N7O2/c17-8-11-5-6-18-16(14(11)23(24)25)21-7-1-2-12(9-21)15-20-19-10-22(15)13-3-4-13/h5-6,10,12-13H,1-4,7,9H2/t12-/m0/s1. The maximum Gasteiger partial charge on any atom is 0.329 e. The third-order valence-electron chi connectivity index (χ3n) is 4.84. The average molecular weight is 339 g/mol. The SMILES string of the molecule is N#Cc1ccnc(N2CCC[C@H](c3nncn3C3CC3)C2)c1[N+](=O)[O-]. The van der Waals surface area contributed by atoms with Crippen LogP contribution in [0.15, 0.2) is 18.6 Å². The topological polar surface area (TPSA) is 114 Å². The fraction of sp³-hybridized carbons (Fsp3) is 0.500. The van der Waals surface area contributed by atoms with E-state index in [4.69, 9.17) is 0 Å². The van der Waals surface area contributed by atoms with E-state index >= 15 is 0 Å². The fourth-order valence-electron chi connectivity index (χ4n) is 3.50. The second-order valence-corrected chi connectivity index (χ2v) is 6.51. The number of hydrogen-bond acceptors (Lipinski definition) is 7. The summed E-state index contributed by atoms with van der Waals surface area (Å²) >= 11 is 0. The molecule has 0 bridgehead atoms. The van der Waals surface area contributed by atoms with Crippen LogP contribution in [-0.2, 0) is 0 Å². The number of nitriles is 1. The first-order valence-electron chi connectivity index (χ1n) is 8.37. The number of aromatic nitrogens is 4. The number of pyridine rings is 1. The number of anilines is 1. The quantitative estimate of drug-likeness (QED) is 0.619. The molecule has 2 aromatic rings. The lowest BCUT2D eigenvalue weighted by Crippen LogP contribution is -2.36. The highest BCUT2D eigenvalue weighted by Crippen LogP contribution is 2.39. The van der Waals surface area contributed by atoms with Crippen molar-refractivity contribution in [3.8, 4) is 6.07 Å². The van der Waals surface area contributed by atoms with Gasteiger partial charge in [0.05, 0.1) is 4.92 Å². The third-order valence-corrected chi connectivity index (χ3v) is 4.84. The molecule has 9 heteroatoms. The Morgan fingerprint density at radius 1 is 1.36 bits per heavy atom. The van der Waals surface area contributed by atoms with Gasteiger partial charge in [0.1, 0.15) is 23.8 Å². The van der Waals surface area contributed by atoms with Gasteiger partial charge in [-0.2, -0.15) is 5.26 Å². The van der Waals surface area contributed by atoms with Crippen LogP contribution in [0.2, 0.25) is 0 Å². The summed E-state index contributed by atoms with van der Waals surface area (Å²) in [6.07, 6.45) is 7.39. The van der Waals surface area contributed by atoms with E-state index in [-0.39, 0.29) is 23.0 Å². The molecule has 1 aliphatic heterocycles. The van der Waals surface area contributed by atoms with Crippen LogP contribution in [0.3, 0.4) is 0 Å². The molecular formula is C16H17N7O2. The van der Waals surface area contributed by atoms with Crippen LogP contribution in [0.1, 0.15) is 49.0 Å². The van der Waals surface area contributed by atoms with Crippen molar-refractivity contribution in [1.29, 1.82) is 5.26 Å². The van der Waals surface area contributed by atoms with E-state index in [2.05, 4.69) is 19.7 Å². The minimum atomic E-state index is -0.517. The number of hydrogen-bond donors (Lipinski definition) is 0. The first kappa shape index (κ1) is 15.5. The molecule has 25 heavy (non-hydrogen) atoms. The summed E-state index contributed by atoms with van der Waals surface area (Å²) in [7, 11) is 0. The number of nitrogens with zero attached hydrogens (tertiary/aromatic N) is 7. The monoisotopic (exact) mass is 339 g/mol. The molecule has 0 unspecified atom stereocenters. The molecule has 4 rings (SSSR count). The van der Waals surface area contributed by atoms with Crippen molar-refractivity contribution in [3.63, 3.8) is 0 Å². The van der Waals surface area contributed by atoms with Crippen LogP contribution in [-0.4, -0.2) is 37.8 Å². The highest BCUT2D eigenvalue weighted by atomic mass is 16.6. The normalized spacial score (nSPS) is 20.3. The van der Waals surface area contributed by atoms with Crippen molar-refractivity contribution in [2.24, 2.45) is 0 Å². The Labute approximate surface area is 144 Å². The zero-order valence-electron chi connectivity index (χ0n) is 13.6. The van der Waals surface area contributed by atoms with Gasteiger partial charge in [0.15, 0.2) is 0 Å². The van der Waals surface area contributed by atoms with Gasteiger partial charge in [-0.3, -0.25) is 10.1 Å². The summed E-state index contributed by atoms with van der Waals surface area (Å²) in [5, 5.41) is 29.0. The third kappa shape index (κ3) is 2.80. The van der Waals surface area contributed by atoms with Crippen LogP contribution >= 0.6 is 0 Å². The highest BCUT2D eigenvalue weighted by Gasteiger charge is 2.34. The number of nitro groups is 1. The smallest absolute Gasteiger partial charge is 0.329 e. The summed E-state index contributed by atoms with van der Waals surface area (Å²) in [5.74, 6) is 1.38. The van der Waals surface area contributed by atoms with E-state index < -0.39 is 4.92 Å². The van der Waals surface area contributed by atoms with E-state index in [0.29, 0.717) is 19.1 Å². The first-order valence-corrected chi connectivity index (χ1v) is 8.37. The van der Waals surface area contributed by atoms with Crippen molar-refractivity contribution >= 4 is 11.5 Å². The van der Waals surface area contributed by atoms with Crippen LogP contribution in [0.5, 0.6) is 0 Å². The van der Waals surface area contributed by atoms with Crippen LogP contribution in [0.25, 0.3) is 0 Å². The maximum absolute atomic E-state index is 11.5. The van der Waals surface area contributed by atoms with Gasteiger partial charge >= 0.3 is 5.69 Å². The Morgan fingerprint density at radius 2 is 2.20 bits per heavy atom. The molecule has 1 aliphatic carbocycles. The maximum atomic E-state index is 11.5. The molecule has 2 fully saturated rings. The van der Waals surface area contributed by atoms with Gasteiger partial charge in [-0.15, -0.1) is 10.2 Å². The summed E-state index contributed by atoms with van der Waals surface area (Å²) in [6, 6.07) is 3.77. The second-order valence-electron chi connectivity index (χ2n) is 6.51. The van der Waals surface area contributed by atoms with Gasteiger partial charge in [0.2, 0.25) is 5.82 Å². The van der Waals surface area contributed by atoms with Crippen molar-refractivity contribution in [2.75, 3.05) is 18.0 Å². The molecule has 0 N–H and O–H groups in total. The molecule has 2 aromatic heterocycles. The molecule has 0 amide bonds. The van der Waals surface area contributed by atoms with Gasteiger partial charge in [-0.1, -0.05) is 0 Å². The number of rotatable bonds is 4. The lowest BCUT2D eigenvalue weighted by atomic mass is 9.96. The Hall–Kier alpha value is -3.02. The summed E-state index contributed by atoms with van der Waals surface area (Å²) in [5.41, 5.74) is -0.174. The van der Waals surface area contributed by atoms with E-state index in [1.165, 1.54) is 12.3 Å². The Kier molecular flexibility index (Phi) is 3.80. The minimum Gasteiger partial charge on any atom is -0.350 e. The summed E-state index contributed by atoms with van der Waals surface area (Å²) in [4.78, 5) is 17.1. The molecule has 0 radical (unpaired) electrons. The van der Waals surface area contributed by atoms with Gasteiger partial charge in [-0.25, -0.2) is 4.98 Å². The molecular weight excluding hydrogens is 322 g/mol. The second kappa shape index (κ2) is 6.12. The van der Waals surface area contributed by atoms with Crippen molar-refractivity contribution in [2.45, 2.75) is 37.6 Å². The zero-order valence-corrected chi connectivity index (χ0v) is 13.6. The van der Waals surface area contributed by atoms with E-state index in [1.807, 2.05) is 11.0 Å². The molecule has 128 valence electrons. The van der Waals surface area contributed by atoms with E-state index in [1.54, 1.807) is 6.33 Å². The lowest BCUT2D eigenvalue weighted by molar-refractivity contribution is -0.384. The minimum absolute atomic E-state index is 0.0401. The fourth-order valence-corrected chi connectivity index (χ4v) is 3.50. The van der Waals surface area contributed by atoms with Crippen LogP contribution in [0.4, 0.5) is 11.5 Å². The molecule has 0 spiro atoms. The average Bonchev–Trinajstić information content (AvgIpc) is 3.37. The van der Waals surface area contributed by atoms with Crippen molar-refractivity contribution in [1.82, 2.24) is 19.7 Å². The largest absolute Gasteiger partial charge is 0.350 e.